The molecule has 4 nitrogen and oxygen atoms in total. The van der Waals surface area contributed by atoms with Crippen LogP contribution in [-0.4, -0.2) is 17.1 Å². The van der Waals surface area contributed by atoms with Crippen LogP contribution in [0.2, 0.25) is 0 Å². The number of hydrogen-bond acceptors (Lipinski definition) is 4. The van der Waals surface area contributed by atoms with Gasteiger partial charge in [0.25, 0.3) is 0 Å². The van der Waals surface area contributed by atoms with Crippen molar-refractivity contribution in [3.05, 3.63) is 253 Å². The summed E-state index contributed by atoms with van der Waals surface area (Å²) in [7, 11) is 1.71. The first-order valence-corrected chi connectivity index (χ1v) is 21.8. The van der Waals surface area contributed by atoms with Gasteiger partial charge in [0.05, 0.1) is 34.9 Å². The van der Waals surface area contributed by atoms with Gasteiger partial charge in [-0.25, -0.2) is 4.98 Å². The SMILES string of the molecule is COc1ccc(N(c2ccc(C3(c4cccc(-c5ccc(-c6ccc7ccc8cccnc8c7n6)cc5)c4)c4ccccc4-c4ccccc43)cc2)c2cccc3ccccc23)cc1. The second kappa shape index (κ2) is 15.2. The molecule has 4 heteroatoms. The number of fused-ring (bicyclic) bond motifs is 7. The largest absolute Gasteiger partial charge is 0.497 e. The van der Waals surface area contributed by atoms with Gasteiger partial charge in [-0.05, 0) is 111 Å². The number of nitrogens with zero attached hydrogens (tertiary/aromatic N) is 3. The monoisotopic (exact) mass is 819 g/mol. The number of anilines is 3. The van der Waals surface area contributed by atoms with Crippen molar-refractivity contribution in [2.45, 2.75) is 5.41 Å². The maximum Gasteiger partial charge on any atom is 0.119 e. The van der Waals surface area contributed by atoms with Crippen molar-refractivity contribution in [2.24, 2.45) is 0 Å². The highest BCUT2D eigenvalue weighted by molar-refractivity contribution is 6.03. The van der Waals surface area contributed by atoms with Gasteiger partial charge in [-0.1, -0.05) is 164 Å². The number of methoxy groups -OCH3 is 1. The van der Waals surface area contributed by atoms with Crippen molar-refractivity contribution in [2.75, 3.05) is 12.0 Å². The summed E-state index contributed by atoms with van der Waals surface area (Å²) in [6.45, 7) is 0. The third kappa shape index (κ3) is 5.99. The van der Waals surface area contributed by atoms with Crippen LogP contribution >= 0.6 is 0 Å². The lowest BCUT2D eigenvalue weighted by atomic mass is 9.67. The van der Waals surface area contributed by atoms with Gasteiger partial charge < -0.3 is 9.64 Å². The van der Waals surface area contributed by atoms with Gasteiger partial charge in [-0.2, -0.15) is 0 Å². The standard InChI is InChI=1S/C60H41N3O/c1-64-50-35-33-49(34-36-50)63(57-21-9-12-41-11-2-3-16-51(41)57)48-31-29-46(30-32-48)60(54-19-6-4-17-52(54)53-18-5-7-20-55(53)60)47-15-8-13-45(39-47)40-22-24-42(25-23-40)56-37-28-44-27-26-43-14-10-38-61-58(43)59(44)62-56/h2-39H,1H3. The second-order valence-electron chi connectivity index (χ2n) is 16.5. The molecule has 1 aliphatic carbocycles. The number of benzene rings is 9. The van der Waals surface area contributed by atoms with Crippen molar-refractivity contribution in [1.29, 1.82) is 0 Å². The maximum absolute atomic E-state index is 5.58. The molecule has 0 saturated carbocycles. The zero-order valence-corrected chi connectivity index (χ0v) is 35.2. The van der Waals surface area contributed by atoms with Crippen molar-refractivity contribution in [3.8, 4) is 39.3 Å². The lowest BCUT2D eigenvalue weighted by Crippen LogP contribution is -2.28. The molecule has 302 valence electrons. The Morgan fingerprint density at radius 2 is 1.05 bits per heavy atom. The molecule has 2 aromatic heterocycles. The average molecular weight is 820 g/mol. The molecule has 11 aromatic rings. The molecule has 64 heavy (non-hydrogen) atoms. The summed E-state index contributed by atoms with van der Waals surface area (Å²) in [5.74, 6) is 0.823. The minimum Gasteiger partial charge on any atom is -0.497 e. The Bertz CT molecular complexity index is 3490. The quantitative estimate of drug-likeness (QED) is 0.143. The van der Waals surface area contributed by atoms with E-state index >= 15 is 0 Å². The summed E-state index contributed by atoms with van der Waals surface area (Å²) < 4.78 is 5.58. The predicted molar refractivity (Wildman–Crippen MR) is 264 cm³/mol. The number of aromatic nitrogens is 2. The minimum absolute atomic E-state index is 0.572. The van der Waals surface area contributed by atoms with E-state index in [0.29, 0.717) is 0 Å². The molecule has 0 unspecified atom stereocenters. The van der Waals surface area contributed by atoms with E-state index in [-0.39, 0.29) is 0 Å². The van der Waals surface area contributed by atoms with Gasteiger partial charge >= 0.3 is 0 Å². The van der Waals surface area contributed by atoms with Crippen LogP contribution in [0.5, 0.6) is 5.75 Å². The molecule has 12 rings (SSSR count). The smallest absolute Gasteiger partial charge is 0.119 e. The fourth-order valence-corrected chi connectivity index (χ4v) is 10.1. The van der Waals surface area contributed by atoms with Crippen molar-refractivity contribution in [1.82, 2.24) is 9.97 Å². The topological polar surface area (TPSA) is 38.2 Å². The van der Waals surface area contributed by atoms with Crippen LogP contribution in [0.25, 0.3) is 66.1 Å². The summed E-state index contributed by atoms with van der Waals surface area (Å²) in [4.78, 5) is 12.2. The molecule has 1 aliphatic rings. The molecular formula is C60H41N3O. The fraction of sp³-hybridized carbons (Fsp3) is 0.0333. The van der Waals surface area contributed by atoms with E-state index in [1.165, 1.54) is 44.2 Å². The third-order valence-corrected chi connectivity index (χ3v) is 13.1. The summed E-state index contributed by atoms with van der Waals surface area (Å²) in [5, 5.41) is 4.55. The first-order chi connectivity index (χ1) is 31.7. The molecule has 0 radical (unpaired) electrons. The van der Waals surface area contributed by atoms with Crippen molar-refractivity contribution in [3.63, 3.8) is 0 Å². The molecule has 0 amide bonds. The summed E-state index contributed by atoms with van der Waals surface area (Å²) in [6.07, 6.45) is 1.84. The van der Waals surface area contributed by atoms with Gasteiger partial charge in [-0.15, -0.1) is 0 Å². The molecule has 0 fully saturated rings. The number of ether oxygens (including phenoxy) is 1. The van der Waals surface area contributed by atoms with Gasteiger partial charge in [0.1, 0.15) is 5.75 Å². The zero-order valence-electron chi connectivity index (χ0n) is 35.2. The van der Waals surface area contributed by atoms with Crippen LogP contribution in [0.3, 0.4) is 0 Å². The van der Waals surface area contributed by atoms with Crippen LogP contribution in [-0.2, 0) is 5.41 Å². The highest BCUT2D eigenvalue weighted by atomic mass is 16.5. The molecule has 0 spiro atoms. The second-order valence-corrected chi connectivity index (χ2v) is 16.5. The van der Waals surface area contributed by atoms with E-state index in [0.717, 1.165) is 67.0 Å². The van der Waals surface area contributed by atoms with Gasteiger partial charge in [0, 0.05) is 39.3 Å². The highest BCUT2D eigenvalue weighted by Gasteiger charge is 2.46. The van der Waals surface area contributed by atoms with Gasteiger partial charge in [-0.3, -0.25) is 4.98 Å². The van der Waals surface area contributed by atoms with Gasteiger partial charge in [0.2, 0.25) is 0 Å². The average Bonchev–Trinajstić information content (AvgIpc) is 3.68. The van der Waals surface area contributed by atoms with Crippen LogP contribution in [0.4, 0.5) is 17.1 Å². The molecule has 0 saturated heterocycles. The lowest BCUT2D eigenvalue weighted by molar-refractivity contribution is 0.415. The van der Waals surface area contributed by atoms with Gasteiger partial charge in [0.15, 0.2) is 0 Å². The number of rotatable bonds is 8. The molecule has 0 aliphatic heterocycles. The first kappa shape index (κ1) is 37.4. The molecule has 0 N–H and O–H groups in total. The Hall–Kier alpha value is -8.34. The van der Waals surface area contributed by atoms with E-state index in [1.807, 2.05) is 24.4 Å². The van der Waals surface area contributed by atoms with Crippen LogP contribution in [0, 0.1) is 0 Å². The van der Waals surface area contributed by atoms with Crippen LogP contribution in [0.1, 0.15) is 22.3 Å². The van der Waals surface area contributed by atoms with E-state index in [2.05, 4.69) is 216 Å². The van der Waals surface area contributed by atoms with Crippen molar-refractivity contribution < 1.29 is 4.74 Å². The van der Waals surface area contributed by atoms with E-state index in [1.54, 1.807) is 7.11 Å². The molecule has 2 heterocycles. The van der Waals surface area contributed by atoms with Crippen LogP contribution < -0.4 is 9.64 Å². The highest BCUT2D eigenvalue weighted by Crippen LogP contribution is 2.56. The van der Waals surface area contributed by atoms with Crippen molar-refractivity contribution >= 4 is 49.6 Å². The Labute approximate surface area is 372 Å². The van der Waals surface area contributed by atoms with E-state index in [4.69, 9.17) is 9.72 Å². The molecular weight excluding hydrogens is 779 g/mol. The molecule has 9 aromatic carbocycles. The normalized spacial score (nSPS) is 12.6. The Morgan fingerprint density at radius 1 is 0.438 bits per heavy atom. The summed E-state index contributed by atoms with van der Waals surface area (Å²) in [5.41, 5.74) is 16.3. The Kier molecular flexibility index (Phi) is 8.91. The fourth-order valence-electron chi connectivity index (χ4n) is 10.1. The Balaban J connectivity index is 0.983. The number of pyridine rings is 2. The zero-order chi connectivity index (χ0) is 42.6. The molecule has 0 bridgehead atoms. The Morgan fingerprint density at radius 3 is 1.80 bits per heavy atom. The summed E-state index contributed by atoms with van der Waals surface area (Å²) >= 11 is 0. The van der Waals surface area contributed by atoms with E-state index in [9.17, 15) is 0 Å². The number of hydrogen-bond donors (Lipinski definition) is 0. The maximum atomic E-state index is 5.58. The lowest BCUT2D eigenvalue weighted by Gasteiger charge is -2.35. The minimum atomic E-state index is -0.572. The van der Waals surface area contributed by atoms with Crippen LogP contribution in [0.15, 0.2) is 231 Å². The predicted octanol–water partition coefficient (Wildman–Crippen LogP) is 15.1. The van der Waals surface area contributed by atoms with E-state index < -0.39 is 5.41 Å². The third-order valence-electron chi connectivity index (χ3n) is 13.1. The summed E-state index contributed by atoms with van der Waals surface area (Å²) in [6, 6.07) is 81.1. The molecule has 0 atom stereocenters. The first-order valence-electron chi connectivity index (χ1n) is 21.8.